The summed E-state index contributed by atoms with van der Waals surface area (Å²) in [5.41, 5.74) is -0.398. The molecule has 2 unspecified atom stereocenters. The number of halogens is 5. The zero-order valence-corrected chi connectivity index (χ0v) is 11.7. The summed E-state index contributed by atoms with van der Waals surface area (Å²) in [6.45, 7) is 0. The van der Waals surface area contributed by atoms with Crippen molar-refractivity contribution in [2.45, 2.75) is 21.4 Å². The minimum absolute atomic E-state index is 0.194. The normalized spacial score (nSPS) is 29.2. The van der Waals surface area contributed by atoms with Crippen LogP contribution >= 0.6 is 58.0 Å². The van der Waals surface area contributed by atoms with Crippen LogP contribution in [0.5, 0.6) is 0 Å². The summed E-state index contributed by atoms with van der Waals surface area (Å²) in [5.74, 6) is 0. The average molecular weight is 320 g/mol. The van der Waals surface area contributed by atoms with E-state index >= 15 is 0 Å². The molecule has 0 bridgehead atoms. The molecule has 0 aliphatic carbocycles. The van der Waals surface area contributed by atoms with Crippen molar-refractivity contribution < 1.29 is 4.74 Å². The van der Waals surface area contributed by atoms with E-state index in [1.54, 1.807) is 12.1 Å². The van der Waals surface area contributed by atoms with Crippen LogP contribution in [0.2, 0.25) is 5.02 Å². The second-order valence-electron chi connectivity index (χ2n) is 3.63. The highest BCUT2D eigenvalue weighted by atomic mass is 35.6. The molecule has 88 valence electrons. The van der Waals surface area contributed by atoms with Gasteiger partial charge in [-0.15, -0.1) is 0 Å². The summed E-state index contributed by atoms with van der Waals surface area (Å²) in [5, 5.41) is 0.598. The van der Waals surface area contributed by atoms with E-state index in [0.29, 0.717) is 5.02 Å². The SMILES string of the molecule is Clc1cccc(C2(CC(Cl)(Cl)Cl)OC2Cl)c1. The number of ether oxygens (including phenoxy) is 1. The van der Waals surface area contributed by atoms with Crippen molar-refractivity contribution >= 4 is 58.0 Å². The van der Waals surface area contributed by atoms with Crippen molar-refractivity contribution in [3.63, 3.8) is 0 Å². The molecule has 0 radical (unpaired) electrons. The zero-order chi connectivity index (χ0) is 12.0. The van der Waals surface area contributed by atoms with Crippen LogP contribution in [0.4, 0.5) is 0 Å². The number of alkyl halides is 4. The van der Waals surface area contributed by atoms with E-state index in [2.05, 4.69) is 0 Å². The second-order valence-corrected chi connectivity index (χ2v) is 6.97. The summed E-state index contributed by atoms with van der Waals surface area (Å²) >= 11 is 29.2. The predicted molar refractivity (Wildman–Crippen MR) is 68.8 cm³/mol. The lowest BCUT2D eigenvalue weighted by Gasteiger charge is -2.18. The first-order chi connectivity index (χ1) is 7.33. The molecule has 1 fully saturated rings. The third-order valence-corrected chi connectivity index (χ3v) is 3.48. The van der Waals surface area contributed by atoms with Crippen LogP contribution in [0.1, 0.15) is 12.0 Å². The summed E-state index contributed by atoms with van der Waals surface area (Å²) in [7, 11) is 0. The molecule has 1 saturated heterocycles. The van der Waals surface area contributed by atoms with Gasteiger partial charge in [-0.05, 0) is 17.7 Å². The number of rotatable bonds is 2. The van der Waals surface area contributed by atoms with E-state index in [9.17, 15) is 0 Å². The third-order valence-electron chi connectivity index (χ3n) is 2.40. The van der Waals surface area contributed by atoms with Gasteiger partial charge < -0.3 is 4.74 Å². The smallest absolute Gasteiger partial charge is 0.193 e. The van der Waals surface area contributed by atoms with Gasteiger partial charge in [0.15, 0.2) is 9.36 Å². The van der Waals surface area contributed by atoms with Crippen LogP contribution < -0.4 is 0 Å². The van der Waals surface area contributed by atoms with Gasteiger partial charge in [-0.25, -0.2) is 0 Å². The Morgan fingerprint density at radius 1 is 1.31 bits per heavy atom. The topological polar surface area (TPSA) is 12.5 Å². The molecule has 1 aromatic rings. The fraction of sp³-hybridized carbons (Fsp3) is 0.400. The third kappa shape index (κ3) is 2.72. The van der Waals surface area contributed by atoms with Crippen LogP contribution in [0.15, 0.2) is 24.3 Å². The first-order valence-corrected chi connectivity index (χ1v) is 6.43. The molecule has 16 heavy (non-hydrogen) atoms. The van der Waals surface area contributed by atoms with E-state index in [4.69, 9.17) is 62.7 Å². The molecule has 0 saturated carbocycles. The molecular formula is C10H7Cl5O. The minimum Gasteiger partial charge on any atom is -0.344 e. The fourth-order valence-corrected chi connectivity index (χ4v) is 2.77. The Morgan fingerprint density at radius 3 is 2.38 bits per heavy atom. The Hall–Kier alpha value is 0.630. The quantitative estimate of drug-likeness (QED) is 0.558. The van der Waals surface area contributed by atoms with Crippen molar-refractivity contribution in [1.82, 2.24) is 0 Å². The predicted octanol–water partition coefficient (Wildman–Crippen LogP) is 4.89. The zero-order valence-electron chi connectivity index (χ0n) is 7.89. The first-order valence-electron chi connectivity index (χ1n) is 4.48. The van der Waals surface area contributed by atoms with Crippen LogP contribution in [-0.2, 0) is 10.3 Å². The van der Waals surface area contributed by atoms with Gasteiger partial charge in [-0.2, -0.15) is 0 Å². The maximum atomic E-state index is 5.96. The van der Waals surface area contributed by atoms with Gasteiger partial charge in [0.2, 0.25) is 0 Å². The van der Waals surface area contributed by atoms with Crippen molar-refractivity contribution in [2.24, 2.45) is 0 Å². The Labute approximate surface area is 119 Å². The van der Waals surface area contributed by atoms with E-state index in [-0.39, 0.29) is 6.42 Å². The summed E-state index contributed by atoms with van der Waals surface area (Å²) in [6, 6.07) is 7.19. The van der Waals surface area contributed by atoms with Crippen LogP contribution in [0.25, 0.3) is 0 Å². The van der Waals surface area contributed by atoms with Crippen LogP contribution in [-0.4, -0.2) is 9.36 Å². The maximum absolute atomic E-state index is 5.96. The standard InChI is InChI=1S/C10H7Cl5O/c11-7-3-1-2-6(4-7)9(8(12)16-9)5-10(13,14)15/h1-4,8H,5H2. The molecule has 1 aliphatic rings. The largest absolute Gasteiger partial charge is 0.344 e. The lowest BCUT2D eigenvalue weighted by molar-refractivity contribution is 0.292. The lowest BCUT2D eigenvalue weighted by atomic mass is 9.97. The van der Waals surface area contributed by atoms with Crippen LogP contribution in [0.3, 0.4) is 0 Å². The van der Waals surface area contributed by atoms with Gasteiger partial charge in [-0.3, -0.25) is 0 Å². The molecule has 1 aliphatic heterocycles. The Morgan fingerprint density at radius 2 is 1.94 bits per heavy atom. The molecule has 6 heteroatoms. The minimum atomic E-state index is -1.41. The van der Waals surface area contributed by atoms with Gasteiger partial charge in [0, 0.05) is 11.4 Å². The Kier molecular flexibility index (Phi) is 3.58. The number of hydrogen-bond donors (Lipinski definition) is 0. The maximum Gasteiger partial charge on any atom is 0.193 e. The number of hydrogen-bond acceptors (Lipinski definition) is 1. The molecule has 1 aromatic carbocycles. The highest BCUT2D eigenvalue weighted by Crippen LogP contribution is 2.56. The van der Waals surface area contributed by atoms with Gasteiger partial charge in [0.05, 0.1) is 0 Å². The molecule has 1 nitrogen and oxygen atoms in total. The molecule has 2 atom stereocenters. The van der Waals surface area contributed by atoms with Crippen molar-refractivity contribution in [3.05, 3.63) is 34.9 Å². The Bertz CT molecular complexity index is 402. The van der Waals surface area contributed by atoms with Crippen molar-refractivity contribution in [2.75, 3.05) is 0 Å². The molecule has 2 rings (SSSR count). The van der Waals surface area contributed by atoms with Gasteiger partial charge >= 0.3 is 0 Å². The lowest BCUT2D eigenvalue weighted by Crippen LogP contribution is -2.19. The number of benzene rings is 1. The molecule has 0 amide bonds. The summed E-state index contributed by atoms with van der Waals surface area (Å²) in [4.78, 5) is 0. The second kappa shape index (κ2) is 4.38. The monoisotopic (exact) mass is 318 g/mol. The van der Waals surface area contributed by atoms with E-state index in [1.165, 1.54) is 0 Å². The first kappa shape index (κ1) is 13.1. The highest BCUT2D eigenvalue weighted by molar-refractivity contribution is 6.67. The molecular weight excluding hydrogens is 313 g/mol. The molecule has 0 aromatic heterocycles. The summed E-state index contributed by atoms with van der Waals surface area (Å²) < 4.78 is 3.96. The van der Waals surface area contributed by atoms with E-state index in [0.717, 1.165) is 5.56 Å². The highest BCUT2D eigenvalue weighted by Gasteiger charge is 2.60. The van der Waals surface area contributed by atoms with Crippen LogP contribution in [0, 0.1) is 0 Å². The van der Waals surface area contributed by atoms with E-state index < -0.39 is 15.0 Å². The summed E-state index contributed by atoms with van der Waals surface area (Å²) in [6.07, 6.45) is 0.194. The van der Waals surface area contributed by atoms with Crippen molar-refractivity contribution in [1.29, 1.82) is 0 Å². The number of epoxide rings is 1. The van der Waals surface area contributed by atoms with Crippen molar-refractivity contribution in [3.8, 4) is 0 Å². The van der Waals surface area contributed by atoms with Gasteiger partial charge in [0.1, 0.15) is 5.60 Å². The fourth-order valence-electron chi connectivity index (χ4n) is 1.62. The molecule has 0 N–H and O–H groups in total. The van der Waals surface area contributed by atoms with Gasteiger partial charge in [-0.1, -0.05) is 70.1 Å². The average Bonchev–Trinajstić information content (AvgIpc) is 2.74. The van der Waals surface area contributed by atoms with Gasteiger partial charge in [0.25, 0.3) is 0 Å². The Balaban J connectivity index is 2.30. The molecule has 1 heterocycles. The van der Waals surface area contributed by atoms with E-state index in [1.807, 2.05) is 12.1 Å². The molecule has 0 spiro atoms.